The van der Waals surface area contributed by atoms with Gasteiger partial charge in [0.2, 0.25) is 0 Å². The number of rotatable bonds is 5. The first-order valence-corrected chi connectivity index (χ1v) is 6.58. The molecule has 0 aliphatic rings. The van der Waals surface area contributed by atoms with Gasteiger partial charge in [-0.2, -0.15) is 0 Å². The van der Waals surface area contributed by atoms with Crippen LogP contribution >= 0.6 is 11.3 Å². The number of carbonyl (C=O) groups excluding carboxylic acids is 1. The van der Waals surface area contributed by atoms with E-state index in [0.29, 0.717) is 10.4 Å². The zero-order valence-electron chi connectivity index (χ0n) is 10.6. The van der Waals surface area contributed by atoms with Gasteiger partial charge in [0.15, 0.2) is 11.5 Å². The van der Waals surface area contributed by atoms with Crippen molar-refractivity contribution in [2.24, 2.45) is 0 Å². The van der Waals surface area contributed by atoms with Crippen molar-refractivity contribution in [1.82, 2.24) is 0 Å². The third-order valence-electron chi connectivity index (χ3n) is 2.59. The normalized spacial score (nSPS) is 10.7. The Morgan fingerprint density at radius 3 is 2.80 bits per heavy atom. The number of hydrogen-bond acceptors (Lipinski definition) is 5. The van der Waals surface area contributed by atoms with Gasteiger partial charge in [-0.25, -0.2) is 0 Å². The van der Waals surface area contributed by atoms with Crippen LogP contribution in [-0.4, -0.2) is 17.8 Å². The molecule has 102 valence electrons. The van der Waals surface area contributed by atoms with Gasteiger partial charge in [-0.05, 0) is 29.2 Å². The second kappa shape index (κ2) is 6.12. The summed E-state index contributed by atoms with van der Waals surface area (Å²) in [6.07, 6.45) is 2.95. The molecule has 0 atom stereocenters. The Hall–Kier alpha value is -2.47. The highest BCUT2D eigenvalue weighted by Crippen LogP contribution is 2.28. The van der Waals surface area contributed by atoms with Gasteiger partial charge in [0, 0.05) is 6.07 Å². The molecule has 6 heteroatoms. The molecule has 1 aromatic carbocycles. The zero-order chi connectivity index (χ0) is 14.5. The summed E-state index contributed by atoms with van der Waals surface area (Å²) < 4.78 is 4.92. The molecule has 0 spiro atoms. The predicted octanol–water partition coefficient (Wildman–Crippen LogP) is 3.56. The number of nitro groups is 1. The minimum Gasteiger partial charge on any atom is -0.490 e. The Kier molecular flexibility index (Phi) is 4.27. The lowest BCUT2D eigenvalue weighted by atomic mass is 10.1. The Balaban J connectivity index is 2.24. The fourth-order valence-corrected chi connectivity index (χ4v) is 2.27. The van der Waals surface area contributed by atoms with Gasteiger partial charge in [0.05, 0.1) is 16.9 Å². The van der Waals surface area contributed by atoms with Crippen molar-refractivity contribution in [2.45, 2.75) is 0 Å². The number of allylic oxidation sites excluding steroid dienone is 1. The number of benzene rings is 1. The summed E-state index contributed by atoms with van der Waals surface area (Å²) in [4.78, 5) is 22.8. The smallest absolute Gasteiger partial charge is 0.311 e. The van der Waals surface area contributed by atoms with E-state index in [-0.39, 0.29) is 17.2 Å². The number of thiophene rings is 1. The van der Waals surface area contributed by atoms with Crippen LogP contribution in [0.15, 0.2) is 41.8 Å². The Bertz CT molecular complexity index is 662. The second-order valence-electron chi connectivity index (χ2n) is 3.86. The van der Waals surface area contributed by atoms with Crippen LogP contribution in [0.5, 0.6) is 5.75 Å². The summed E-state index contributed by atoms with van der Waals surface area (Å²) in [5.74, 6) is 0.0650. The lowest BCUT2D eigenvalue weighted by molar-refractivity contribution is -0.385. The van der Waals surface area contributed by atoms with E-state index in [1.165, 1.54) is 36.7 Å². The third-order valence-corrected chi connectivity index (χ3v) is 3.48. The summed E-state index contributed by atoms with van der Waals surface area (Å²) in [7, 11) is 1.37. The van der Waals surface area contributed by atoms with Crippen LogP contribution < -0.4 is 4.74 Å². The fourth-order valence-electron chi connectivity index (χ4n) is 1.63. The predicted molar refractivity (Wildman–Crippen MR) is 77.3 cm³/mol. The number of ether oxygens (including phenoxy) is 1. The molecule has 0 saturated heterocycles. The van der Waals surface area contributed by atoms with E-state index in [4.69, 9.17) is 4.74 Å². The summed E-state index contributed by atoms with van der Waals surface area (Å²) in [5.41, 5.74) is 0.445. The van der Waals surface area contributed by atoms with Gasteiger partial charge >= 0.3 is 5.69 Å². The molecule has 0 bridgehead atoms. The first kappa shape index (κ1) is 14.0. The number of nitro benzene ring substituents is 1. The van der Waals surface area contributed by atoms with E-state index in [2.05, 4.69) is 0 Å². The third kappa shape index (κ3) is 3.10. The minimum atomic E-state index is -0.517. The van der Waals surface area contributed by atoms with Gasteiger partial charge in [0.25, 0.3) is 0 Å². The van der Waals surface area contributed by atoms with Gasteiger partial charge in [-0.3, -0.25) is 14.9 Å². The molecule has 0 radical (unpaired) electrons. The van der Waals surface area contributed by atoms with E-state index >= 15 is 0 Å². The van der Waals surface area contributed by atoms with E-state index in [0.717, 1.165) is 0 Å². The molecule has 0 amide bonds. The molecule has 0 fully saturated rings. The summed E-state index contributed by atoms with van der Waals surface area (Å²) >= 11 is 1.35. The fraction of sp³-hybridized carbons (Fsp3) is 0.0714. The molecule has 1 heterocycles. The van der Waals surface area contributed by atoms with Crippen LogP contribution in [0.25, 0.3) is 6.08 Å². The average molecular weight is 289 g/mol. The number of nitrogens with zero attached hydrogens (tertiary/aromatic N) is 1. The highest BCUT2D eigenvalue weighted by molar-refractivity contribution is 7.12. The molecule has 0 unspecified atom stereocenters. The number of ketones is 1. The average Bonchev–Trinajstić information content (AvgIpc) is 2.98. The van der Waals surface area contributed by atoms with Crippen molar-refractivity contribution in [1.29, 1.82) is 0 Å². The quantitative estimate of drug-likeness (QED) is 0.365. The van der Waals surface area contributed by atoms with Crippen LogP contribution in [0.1, 0.15) is 15.2 Å². The van der Waals surface area contributed by atoms with E-state index in [9.17, 15) is 14.9 Å². The van der Waals surface area contributed by atoms with E-state index < -0.39 is 4.92 Å². The van der Waals surface area contributed by atoms with E-state index in [1.54, 1.807) is 24.3 Å². The molecule has 5 nitrogen and oxygen atoms in total. The van der Waals surface area contributed by atoms with Crippen LogP contribution in [0.4, 0.5) is 5.69 Å². The van der Waals surface area contributed by atoms with Gasteiger partial charge in [0.1, 0.15) is 0 Å². The van der Waals surface area contributed by atoms with Gasteiger partial charge < -0.3 is 4.74 Å². The maximum Gasteiger partial charge on any atom is 0.311 e. The molecule has 0 aliphatic heterocycles. The molecule has 2 rings (SSSR count). The summed E-state index contributed by atoms with van der Waals surface area (Å²) in [5, 5.41) is 12.7. The standard InChI is InChI=1S/C14H11NO4S/c1-19-13-7-5-10(9-11(13)15(17)18)4-6-12(16)14-3-2-8-20-14/h2-9H,1H3. The molecule has 0 N–H and O–H groups in total. The molecule has 2 aromatic rings. The number of methoxy groups -OCH3 is 1. The van der Waals surface area contributed by atoms with Crippen LogP contribution in [0.3, 0.4) is 0 Å². The van der Waals surface area contributed by atoms with Crippen molar-refractivity contribution < 1.29 is 14.5 Å². The molecule has 1 aromatic heterocycles. The van der Waals surface area contributed by atoms with Crippen molar-refractivity contribution in [3.63, 3.8) is 0 Å². The van der Waals surface area contributed by atoms with Gasteiger partial charge in [-0.15, -0.1) is 11.3 Å². The van der Waals surface area contributed by atoms with Crippen molar-refractivity contribution in [3.05, 3.63) is 62.3 Å². The molecule has 20 heavy (non-hydrogen) atoms. The highest BCUT2D eigenvalue weighted by Gasteiger charge is 2.14. The molecular weight excluding hydrogens is 278 g/mol. The maximum atomic E-state index is 11.8. The van der Waals surface area contributed by atoms with Crippen molar-refractivity contribution >= 4 is 28.9 Å². The zero-order valence-corrected chi connectivity index (χ0v) is 11.4. The van der Waals surface area contributed by atoms with Crippen LogP contribution in [-0.2, 0) is 0 Å². The Labute approximate surface area is 119 Å². The minimum absolute atomic E-state index is 0.126. The lowest BCUT2D eigenvalue weighted by Gasteiger charge is -2.01. The molecule has 0 saturated carbocycles. The maximum absolute atomic E-state index is 11.8. The second-order valence-corrected chi connectivity index (χ2v) is 4.81. The van der Waals surface area contributed by atoms with Crippen molar-refractivity contribution in [2.75, 3.05) is 7.11 Å². The molecule has 0 aliphatic carbocycles. The number of hydrogen-bond donors (Lipinski definition) is 0. The Morgan fingerprint density at radius 1 is 1.40 bits per heavy atom. The largest absolute Gasteiger partial charge is 0.490 e. The van der Waals surface area contributed by atoms with E-state index in [1.807, 2.05) is 5.38 Å². The first-order chi connectivity index (χ1) is 9.61. The Morgan fingerprint density at radius 2 is 2.20 bits per heavy atom. The number of carbonyl (C=O) groups is 1. The molecular formula is C14H11NO4S. The van der Waals surface area contributed by atoms with Crippen molar-refractivity contribution in [3.8, 4) is 5.75 Å². The monoisotopic (exact) mass is 289 g/mol. The van der Waals surface area contributed by atoms with Gasteiger partial charge in [-0.1, -0.05) is 18.2 Å². The SMILES string of the molecule is COc1ccc(C=CC(=O)c2cccs2)cc1[N+](=O)[O-]. The topological polar surface area (TPSA) is 69.4 Å². The first-order valence-electron chi connectivity index (χ1n) is 5.70. The summed E-state index contributed by atoms with van der Waals surface area (Å²) in [6, 6.07) is 8.06. The lowest BCUT2D eigenvalue weighted by Crippen LogP contribution is -1.94. The summed E-state index contributed by atoms with van der Waals surface area (Å²) in [6.45, 7) is 0. The highest BCUT2D eigenvalue weighted by atomic mass is 32.1. The van der Waals surface area contributed by atoms with Crippen LogP contribution in [0.2, 0.25) is 0 Å². The van der Waals surface area contributed by atoms with Crippen LogP contribution in [0, 0.1) is 10.1 Å².